The van der Waals surface area contributed by atoms with Crippen molar-refractivity contribution in [2.75, 3.05) is 32.8 Å². The number of quaternary nitrogens is 1. The summed E-state index contributed by atoms with van der Waals surface area (Å²) in [4.78, 5) is 12.5. The Labute approximate surface area is 121 Å². The molecule has 2 unspecified atom stereocenters. The third-order valence-electron chi connectivity index (χ3n) is 4.43. The first-order chi connectivity index (χ1) is 9.72. The molecule has 1 aliphatic heterocycles. The monoisotopic (exact) mass is 276 g/mol. The zero-order chi connectivity index (χ0) is 14.4. The molecule has 1 aromatic rings. The fraction of sp³-hybridized carbons (Fsp3) is 0.562. The van der Waals surface area contributed by atoms with E-state index in [0.29, 0.717) is 23.6 Å². The van der Waals surface area contributed by atoms with E-state index in [4.69, 9.17) is 5.73 Å². The van der Waals surface area contributed by atoms with E-state index in [1.54, 1.807) is 0 Å². The molecule has 1 saturated heterocycles. The summed E-state index contributed by atoms with van der Waals surface area (Å²) in [5, 5.41) is 3.20. The van der Waals surface area contributed by atoms with Crippen LogP contribution < -0.4 is 11.1 Å². The molecule has 1 amide bonds. The van der Waals surface area contributed by atoms with Crippen molar-refractivity contribution in [3.05, 3.63) is 35.9 Å². The lowest BCUT2D eigenvalue weighted by atomic mass is 9.95. The van der Waals surface area contributed by atoms with Gasteiger partial charge in [-0.15, -0.1) is 0 Å². The molecule has 20 heavy (non-hydrogen) atoms. The van der Waals surface area contributed by atoms with Crippen LogP contribution in [0.25, 0.3) is 0 Å². The Morgan fingerprint density at radius 1 is 1.35 bits per heavy atom. The molecule has 0 radical (unpaired) electrons. The summed E-state index contributed by atoms with van der Waals surface area (Å²) in [5.41, 5.74) is 7.31. The molecule has 0 bridgehead atoms. The van der Waals surface area contributed by atoms with E-state index in [1.165, 1.54) is 5.56 Å². The second-order valence-electron chi connectivity index (χ2n) is 5.67. The van der Waals surface area contributed by atoms with Crippen LogP contribution in [0.1, 0.15) is 31.2 Å². The largest absolute Gasteiger partial charge is 0.328 e. The molecule has 0 saturated carbocycles. The van der Waals surface area contributed by atoms with Crippen LogP contribution >= 0.6 is 0 Å². The quantitative estimate of drug-likeness (QED) is 0.800. The SMILES string of the molecule is CCC(C[N+]1(CN)CCCNCC1=O)c1ccccc1. The number of hydrogen-bond donors (Lipinski definition) is 2. The van der Waals surface area contributed by atoms with Gasteiger partial charge in [0, 0.05) is 18.9 Å². The molecule has 3 N–H and O–H groups in total. The predicted molar refractivity (Wildman–Crippen MR) is 81.0 cm³/mol. The Kier molecular flexibility index (Phi) is 5.29. The van der Waals surface area contributed by atoms with Gasteiger partial charge in [0.05, 0.1) is 13.1 Å². The first-order valence-corrected chi connectivity index (χ1v) is 7.57. The van der Waals surface area contributed by atoms with Gasteiger partial charge in [-0.05, 0) is 12.0 Å². The predicted octanol–water partition coefficient (Wildman–Crippen LogP) is 1.43. The number of carbonyl (C=O) groups is 1. The standard InChI is InChI=1S/C16H26N3O/c1-2-14(15-7-4-3-5-8-15)12-19(13-17)10-6-9-18-11-16(19)20/h3-5,7-8,14,18H,2,6,9-13,17H2,1H3/q+1. The van der Waals surface area contributed by atoms with Crippen molar-refractivity contribution < 1.29 is 9.28 Å². The van der Waals surface area contributed by atoms with Gasteiger partial charge in [0.15, 0.2) is 0 Å². The van der Waals surface area contributed by atoms with E-state index in [1.807, 2.05) is 6.07 Å². The molecule has 2 atom stereocenters. The molecule has 1 aliphatic rings. The Balaban J connectivity index is 2.20. The van der Waals surface area contributed by atoms with Crippen molar-refractivity contribution in [2.24, 2.45) is 5.73 Å². The van der Waals surface area contributed by atoms with Gasteiger partial charge in [0.2, 0.25) is 0 Å². The summed E-state index contributed by atoms with van der Waals surface area (Å²) < 4.78 is 0.417. The van der Waals surface area contributed by atoms with Crippen LogP contribution in [0.4, 0.5) is 0 Å². The summed E-state index contributed by atoms with van der Waals surface area (Å²) in [6, 6.07) is 10.5. The summed E-state index contributed by atoms with van der Waals surface area (Å²) >= 11 is 0. The zero-order valence-corrected chi connectivity index (χ0v) is 12.3. The lowest BCUT2D eigenvalue weighted by molar-refractivity contribution is -0.855. The van der Waals surface area contributed by atoms with Crippen molar-refractivity contribution in [1.29, 1.82) is 0 Å². The van der Waals surface area contributed by atoms with E-state index in [2.05, 4.69) is 36.5 Å². The molecule has 0 aliphatic carbocycles. The van der Waals surface area contributed by atoms with Gasteiger partial charge in [-0.25, -0.2) is 9.28 Å². The second kappa shape index (κ2) is 6.97. The number of nitrogens with one attached hydrogen (secondary N) is 1. The second-order valence-corrected chi connectivity index (χ2v) is 5.67. The molecule has 4 nitrogen and oxygen atoms in total. The maximum absolute atomic E-state index is 12.5. The highest BCUT2D eigenvalue weighted by Crippen LogP contribution is 2.25. The lowest BCUT2D eigenvalue weighted by Gasteiger charge is -2.36. The van der Waals surface area contributed by atoms with Gasteiger partial charge in [-0.3, -0.25) is 5.73 Å². The zero-order valence-electron chi connectivity index (χ0n) is 12.3. The van der Waals surface area contributed by atoms with Crippen molar-refractivity contribution in [2.45, 2.75) is 25.7 Å². The molecular weight excluding hydrogens is 250 g/mol. The van der Waals surface area contributed by atoms with E-state index in [9.17, 15) is 4.79 Å². The molecule has 0 spiro atoms. The highest BCUT2D eigenvalue weighted by molar-refractivity contribution is 5.71. The van der Waals surface area contributed by atoms with Gasteiger partial charge in [0.1, 0.15) is 13.2 Å². The third-order valence-corrected chi connectivity index (χ3v) is 4.43. The van der Waals surface area contributed by atoms with Gasteiger partial charge < -0.3 is 5.32 Å². The number of nitrogens with zero attached hydrogens (tertiary/aromatic N) is 1. The first-order valence-electron chi connectivity index (χ1n) is 7.57. The number of benzene rings is 1. The third kappa shape index (κ3) is 3.26. The van der Waals surface area contributed by atoms with E-state index in [-0.39, 0.29) is 5.91 Å². The maximum atomic E-state index is 12.5. The number of rotatable bonds is 5. The van der Waals surface area contributed by atoms with E-state index >= 15 is 0 Å². The molecule has 110 valence electrons. The highest BCUT2D eigenvalue weighted by atomic mass is 16.2. The normalized spacial score (nSPS) is 25.2. The molecule has 1 fully saturated rings. The minimum atomic E-state index is 0.236. The van der Waals surface area contributed by atoms with Crippen LogP contribution in [0.3, 0.4) is 0 Å². The minimum Gasteiger partial charge on any atom is -0.305 e. The number of nitrogens with two attached hydrogens (primary N) is 1. The Bertz CT molecular complexity index is 435. The van der Waals surface area contributed by atoms with Gasteiger partial charge >= 0.3 is 5.91 Å². The lowest BCUT2D eigenvalue weighted by Crippen LogP contribution is -2.59. The van der Waals surface area contributed by atoms with Gasteiger partial charge in [-0.2, -0.15) is 0 Å². The average molecular weight is 276 g/mol. The van der Waals surface area contributed by atoms with Crippen LogP contribution in [-0.2, 0) is 4.79 Å². The summed E-state index contributed by atoms with van der Waals surface area (Å²) in [7, 11) is 0. The van der Waals surface area contributed by atoms with E-state index in [0.717, 1.165) is 32.5 Å². The van der Waals surface area contributed by atoms with E-state index < -0.39 is 0 Å². The van der Waals surface area contributed by atoms with Crippen molar-refractivity contribution >= 4 is 5.91 Å². The maximum Gasteiger partial charge on any atom is 0.328 e. The van der Waals surface area contributed by atoms with Crippen molar-refractivity contribution in [3.63, 3.8) is 0 Å². The summed E-state index contributed by atoms with van der Waals surface area (Å²) in [6.45, 7) is 5.62. The summed E-state index contributed by atoms with van der Waals surface area (Å²) in [5.74, 6) is 0.626. The van der Waals surface area contributed by atoms with Crippen LogP contribution in [0.5, 0.6) is 0 Å². The van der Waals surface area contributed by atoms with Crippen molar-refractivity contribution in [3.8, 4) is 0 Å². The molecule has 2 rings (SSSR count). The Morgan fingerprint density at radius 2 is 2.10 bits per heavy atom. The van der Waals surface area contributed by atoms with Crippen LogP contribution in [0, 0.1) is 0 Å². The number of hydrogen-bond acceptors (Lipinski definition) is 3. The fourth-order valence-electron chi connectivity index (χ4n) is 3.07. The van der Waals surface area contributed by atoms with Crippen LogP contribution in [-0.4, -0.2) is 43.2 Å². The smallest absolute Gasteiger partial charge is 0.305 e. The first kappa shape index (κ1) is 15.2. The molecular formula is C16H26N3O+. The molecule has 1 heterocycles. The van der Waals surface area contributed by atoms with Crippen LogP contribution in [0.2, 0.25) is 0 Å². The molecule has 4 heteroatoms. The fourth-order valence-corrected chi connectivity index (χ4v) is 3.07. The van der Waals surface area contributed by atoms with Crippen molar-refractivity contribution in [1.82, 2.24) is 5.32 Å². The Morgan fingerprint density at radius 3 is 2.75 bits per heavy atom. The minimum absolute atomic E-state index is 0.236. The Hall–Kier alpha value is -1.23. The number of amides is 1. The van der Waals surface area contributed by atoms with Gasteiger partial charge in [0.25, 0.3) is 0 Å². The molecule has 1 aromatic carbocycles. The average Bonchev–Trinajstić information content (AvgIpc) is 2.68. The summed E-state index contributed by atoms with van der Waals surface area (Å²) in [6.07, 6.45) is 2.04. The molecule has 0 aromatic heterocycles. The van der Waals surface area contributed by atoms with Crippen LogP contribution in [0.15, 0.2) is 30.3 Å². The van der Waals surface area contributed by atoms with Gasteiger partial charge in [-0.1, -0.05) is 37.3 Å². The topological polar surface area (TPSA) is 55.1 Å². The number of carbonyl (C=O) groups excluding carboxylic acids is 1. The highest BCUT2D eigenvalue weighted by Gasteiger charge is 2.38.